The number of likely N-dealkylation sites (tertiary alicyclic amines) is 1. The number of nitrogens with one attached hydrogen (secondary N) is 1. The highest BCUT2D eigenvalue weighted by atomic mass is 16.1. The van der Waals surface area contributed by atoms with E-state index in [4.69, 9.17) is 5.73 Å². The number of nitrogens with two attached hydrogens (primary N) is 1. The van der Waals surface area contributed by atoms with Gasteiger partial charge in [0.1, 0.15) is 0 Å². The van der Waals surface area contributed by atoms with E-state index < -0.39 is 0 Å². The highest BCUT2D eigenvalue weighted by molar-refractivity contribution is 5.77. The molecule has 1 aliphatic carbocycles. The smallest absolute Gasteiger partial charge is 0.220 e. The quantitative estimate of drug-likeness (QED) is 0.788. The van der Waals surface area contributed by atoms with Crippen molar-refractivity contribution in [2.24, 2.45) is 11.1 Å². The average Bonchev–Trinajstić information content (AvgIpc) is 2.69. The summed E-state index contributed by atoms with van der Waals surface area (Å²) in [5.41, 5.74) is 7.51. The van der Waals surface area contributed by atoms with Crippen LogP contribution in [0.1, 0.15) is 56.9 Å². The SMILES string of the molecule is NCC1(CC(=O)NC2CCN(CCc3ccccc3)CC2)CCCCC1. The molecule has 1 aromatic carbocycles. The summed E-state index contributed by atoms with van der Waals surface area (Å²) in [6.45, 7) is 3.93. The van der Waals surface area contributed by atoms with Gasteiger partial charge in [-0.15, -0.1) is 0 Å². The molecule has 2 aliphatic rings. The lowest BCUT2D eigenvalue weighted by Crippen LogP contribution is -2.47. The number of piperidine rings is 1. The van der Waals surface area contributed by atoms with Crippen LogP contribution in [0.5, 0.6) is 0 Å². The summed E-state index contributed by atoms with van der Waals surface area (Å²) in [4.78, 5) is 15.1. The molecule has 0 atom stereocenters. The molecule has 1 heterocycles. The molecule has 1 saturated heterocycles. The molecule has 26 heavy (non-hydrogen) atoms. The van der Waals surface area contributed by atoms with Gasteiger partial charge in [-0.25, -0.2) is 0 Å². The van der Waals surface area contributed by atoms with Crippen LogP contribution in [0, 0.1) is 5.41 Å². The lowest BCUT2D eigenvalue weighted by Gasteiger charge is -2.37. The van der Waals surface area contributed by atoms with Crippen LogP contribution in [0.4, 0.5) is 0 Å². The molecule has 0 bridgehead atoms. The van der Waals surface area contributed by atoms with Gasteiger partial charge in [0, 0.05) is 32.1 Å². The zero-order valence-electron chi connectivity index (χ0n) is 16.1. The monoisotopic (exact) mass is 357 g/mol. The van der Waals surface area contributed by atoms with Crippen LogP contribution in [0.25, 0.3) is 0 Å². The molecule has 1 amide bonds. The predicted molar refractivity (Wildman–Crippen MR) is 107 cm³/mol. The van der Waals surface area contributed by atoms with E-state index in [-0.39, 0.29) is 11.3 Å². The summed E-state index contributed by atoms with van der Waals surface area (Å²) in [6, 6.07) is 11.0. The molecule has 4 heteroatoms. The van der Waals surface area contributed by atoms with Crippen molar-refractivity contribution in [3.63, 3.8) is 0 Å². The number of hydrogen-bond donors (Lipinski definition) is 2. The topological polar surface area (TPSA) is 58.4 Å². The van der Waals surface area contributed by atoms with E-state index >= 15 is 0 Å². The Bertz CT molecular complexity index is 546. The summed E-state index contributed by atoms with van der Waals surface area (Å²) in [7, 11) is 0. The van der Waals surface area contributed by atoms with Crippen LogP contribution >= 0.6 is 0 Å². The van der Waals surface area contributed by atoms with Crippen LogP contribution in [-0.4, -0.2) is 43.0 Å². The summed E-state index contributed by atoms with van der Waals surface area (Å²) < 4.78 is 0. The first-order valence-electron chi connectivity index (χ1n) is 10.4. The van der Waals surface area contributed by atoms with Crippen LogP contribution < -0.4 is 11.1 Å². The van der Waals surface area contributed by atoms with Crippen molar-refractivity contribution >= 4 is 5.91 Å². The minimum absolute atomic E-state index is 0.0682. The van der Waals surface area contributed by atoms with Crippen molar-refractivity contribution < 1.29 is 4.79 Å². The maximum absolute atomic E-state index is 12.6. The van der Waals surface area contributed by atoms with E-state index in [1.54, 1.807) is 0 Å². The van der Waals surface area contributed by atoms with Gasteiger partial charge in [-0.3, -0.25) is 4.79 Å². The van der Waals surface area contributed by atoms with Gasteiger partial charge in [0.2, 0.25) is 5.91 Å². The Morgan fingerprint density at radius 1 is 1.12 bits per heavy atom. The first kappa shape index (κ1) is 19.4. The van der Waals surface area contributed by atoms with Gasteiger partial charge < -0.3 is 16.0 Å². The highest BCUT2D eigenvalue weighted by Gasteiger charge is 2.33. The highest BCUT2D eigenvalue weighted by Crippen LogP contribution is 2.38. The van der Waals surface area contributed by atoms with Gasteiger partial charge in [-0.2, -0.15) is 0 Å². The van der Waals surface area contributed by atoms with Crippen molar-refractivity contribution in [2.75, 3.05) is 26.2 Å². The minimum atomic E-state index is 0.0682. The molecule has 3 rings (SSSR count). The van der Waals surface area contributed by atoms with Crippen molar-refractivity contribution in [1.82, 2.24) is 10.2 Å². The second-order valence-corrected chi connectivity index (χ2v) is 8.36. The van der Waals surface area contributed by atoms with Crippen molar-refractivity contribution in [3.05, 3.63) is 35.9 Å². The van der Waals surface area contributed by atoms with Crippen LogP contribution in [0.15, 0.2) is 30.3 Å². The number of carbonyl (C=O) groups excluding carboxylic acids is 1. The molecule has 1 aliphatic heterocycles. The molecule has 0 aromatic heterocycles. The number of benzene rings is 1. The van der Waals surface area contributed by atoms with Gasteiger partial charge in [0.15, 0.2) is 0 Å². The normalized spacial score (nSPS) is 21.4. The van der Waals surface area contributed by atoms with Gasteiger partial charge in [-0.1, -0.05) is 49.6 Å². The van der Waals surface area contributed by atoms with E-state index in [0.717, 1.165) is 51.7 Å². The van der Waals surface area contributed by atoms with Crippen molar-refractivity contribution in [3.8, 4) is 0 Å². The van der Waals surface area contributed by atoms with E-state index in [0.29, 0.717) is 19.0 Å². The Balaban J connectivity index is 1.37. The maximum Gasteiger partial charge on any atom is 0.220 e. The maximum atomic E-state index is 12.6. The van der Waals surface area contributed by atoms with E-state index in [1.807, 2.05) is 0 Å². The number of amides is 1. The van der Waals surface area contributed by atoms with Crippen molar-refractivity contribution in [1.29, 1.82) is 0 Å². The molecular formula is C22H35N3O. The molecule has 4 nitrogen and oxygen atoms in total. The lowest BCUT2D eigenvalue weighted by molar-refractivity contribution is -0.124. The zero-order chi connectivity index (χ0) is 18.2. The fourth-order valence-corrected chi connectivity index (χ4v) is 4.61. The van der Waals surface area contributed by atoms with Gasteiger partial charge in [0.25, 0.3) is 0 Å². The Kier molecular flexibility index (Phi) is 7.09. The standard InChI is InChI=1S/C22H35N3O/c23-18-22(12-5-2-6-13-22)17-21(26)24-20-10-15-25(16-11-20)14-9-19-7-3-1-4-8-19/h1,3-4,7-8,20H,2,5-6,9-18,23H2,(H,24,26). The van der Waals surface area contributed by atoms with Gasteiger partial charge in [0.05, 0.1) is 0 Å². The lowest BCUT2D eigenvalue weighted by atomic mass is 9.71. The Hall–Kier alpha value is -1.39. The third-order valence-electron chi connectivity index (χ3n) is 6.40. The number of carbonyl (C=O) groups is 1. The Morgan fingerprint density at radius 3 is 2.46 bits per heavy atom. The van der Waals surface area contributed by atoms with Crippen LogP contribution in [0.3, 0.4) is 0 Å². The number of hydrogen-bond acceptors (Lipinski definition) is 3. The second-order valence-electron chi connectivity index (χ2n) is 8.36. The van der Waals surface area contributed by atoms with E-state index in [1.165, 1.54) is 24.8 Å². The third-order valence-corrected chi connectivity index (χ3v) is 6.40. The fourth-order valence-electron chi connectivity index (χ4n) is 4.61. The summed E-state index contributed by atoms with van der Waals surface area (Å²) in [5, 5.41) is 3.30. The van der Waals surface area contributed by atoms with Gasteiger partial charge >= 0.3 is 0 Å². The third kappa shape index (κ3) is 5.55. The summed E-state index contributed by atoms with van der Waals surface area (Å²) in [6.07, 6.45) is 9.85. The molecule has 2 fully saturated rings. The predicted octanol–water partition coefficient (Wildman–Crippen LogP) is 3.11. The summed E-state index contributed by atoms with van der Waals surface area (Å²) in [5.74, 6) is 0.222. The second kappa shape index (κ2) is 9.52. The molecule has 0 radical (unpaired) electrons. The van der Waals surface area contributed by atoms with Gasteiger partial charge in [-0.05, 0) is 49.6 Å². The summed E-state index contributed by atoms with van der Waals surface area (Å²) >= 11 is 0. The largest absolute Gasteiger partial charge is 0.353 e. The van der Waals surface area contributed by atoms with E-state index in [9.17, 15) is 4.79 Å². The number of rotatable bonds is 7. The average molecular weight is 358 g/mol. The zero-order valence-corrected chi connectivity index (χ0v) is 16.1. The fraction of sp³-hybridized carbons (Fsp3) is 0.682. The van der Waals surface area contributed by atoms with E-state index in [2.05, 4.69) is 40.5 Å². The van der Waals surface area contributed by atoms with Crippen LogP contribution in [0.2, 0.25) is 0 Å². The Labute approximate surface area is 158 Å². The Morgan fingerprint density at radius 2 is 1.81 bits per heavy atom. The first-order chi connectivity index (χ1) is 12.7. The molecule has 1 saturated carbocycles. The van der Waals surface area contributed by atoms with Crippen LogP contribution in [-0.2, 0) is 11.2 Å². The molecule has 0 spiro atoms. The molecule has 144 valence electrons. The molecule has 1 aromatic rings. The van der Waals surface area contributed by atoms with Crippen molar-refractivity contribution in [2.45, 2.75) is 63.8 Å². The molecule has 0 unspecified atom stereocenters. The molecular weight excluding hydrogens is 322 g/mol. The number of nitrogens with zero attached hydrogens (tertiary/aromatic N) is 1. The molecule has 3 N–H and O–H groups in total. The minimum Gasteiger partial charge on any atom is -0.353 e. The first-order valence-corrected chi connectivity index (χ1v) is 10.4.